The third-order valence-corrected chi connectivity index (χ3v) is 13.4. The topological polar surface area (TPSA) is 146 Å². The molecule has 236 valence electrons. The Morgan fingerprint density at radius 3 is 2.31 bits per heavy atom. The van der Waals surface area contributed by atoms with E-state index in [-0.39, 0.29) is 58.6 Å². The largest absolute Gasteiger partial charge is 0.460 e. The summed E-state index contributed by atoms with van der Waals surface area (Å²) >= 11 is 0. The molecule has 3 N–H and O–H groups in total. The van der Waals surface area contributed by atoms with Crippen LogP contribution in [0.1, 0.15) is 93.9 Å². The monoisotopic (exact) mass is 590 g/mol. The maximum atomic E-state index is 14.3. The van der Waals surface area contributed by atoms with Gasteiger partial charge in [0.1, 0.15) is 29.5 Å². The number of ether oxygens (including phenoxy) is 3. The summed E-state index contributed by atoms with van der Waals surface area (Å²) in [5.41, 5.74) is -3.72. The SMILES string of the molecule is CC(C)[C@@H](C)C(O)C(=O)[C@@H](C)[C@H]1CC[C@H]2[C@H]3C(=O)[C@@H]4O[C@@]45C[C@@H](OC(=O)C(O)C(C)(C)O)CC[C@]5(C)[C@]34O[C@@H]4C[C@]12C. The third-order valence-electron chi connectivity index (χ3n) is 13.4. The number of esters is 1. The summed E-state index contributed by atoms with van der Waals surface area (Å²) in [4.78, 5) is 40.3. The van der Waals surface area contributed by atoms with Crippen LogP contribution in [0.2, 0.25) is 0 Å². The lowest BCUT2D eigenvalue weighted by atomic mass is 9.43. The minimum Gasteiger partial charge on any atom is -0.460 e. The summed E-state index contributed by atoms with van der Waals surface area (Å²) in [5, 5.41) is 31.2. The Hall–Kier alpha value is -1.39. The molecule has 0 radical (unpaired) electrons. The summed E-state index contributed by atoms with van der Waals surface area (Å²) < 4.78 is 18.7. The number of fused-ring (bicyclic) bond motifs is 2. The number of Topliss-reactive ketones (excluding diaryl/α,β-unsaturated/α-hetero) is 2. The molecule has 14 atom stereocenters. The lowest BCUT2D eigenvalue weighted by Gasteiger charge is -2.56. The molecule has 4 saturated carbocycles. The van der Waals surface area contributed by atoms with Gasteiger partial charge >= 0.3 is 5.97 Å². The van der Waals surface area contributed by atoms with Gasteiger partial charge in [0.2, 0.25) is 0 Å². The molecule has 6 fully saturated rings. The summed E-state index contributed by atoms with van der Waals surface area (Å²) in [7, 11) is 0. The quantitative estimate of drug-likeness (QED) is 0.287. The average Bonchev–Trinajstić information content (AvgIpc) is 3.79. The van der Waals surface area contributed by atoms with Crippen molar-refractivity contribution in [3.8, 4) is 0 Å². The fourth-order valence-electron chi connectivity index (χ4n) is 10.3. The van der Waals surface area contributed by atoms with Gasteiger partial charge < -0.3 is 29.5 Å². The van der Waals surface area contributed by atoms with Crippen molar-refractivity contribution in [2.24, 2.45) is 46.3 Å². The zero-order valence-corrected chi connectivity index (χ0v) is 26.4. The van der Waals surface area contributed by atoms with E-state index < -0.39 is 52.6 Å². The number of rotatable bonds is 8. The van der Waals surface area contributed by atoms with Crippen LogP contribution < -0.4 is 0 Å². The Bertz CT molecular complexity index is 1180. The Morgan fingerprint density at radius 2 is 1.69 bits per heavy atom. The number of aliphatic hydroxyl groups excluding tert-OH is 2. The molecule has 2 aliphatic heterocycles. The molecule has 0 aromatic carbocycles. The molecule has 2 spiro atoms. The van der Waals surface area contributed by atoms with E-state index in [2.05, 4.69) is 13.8 Å². The zero-order chi connectivity index (χ0) is 30.9. The van der Waals surface area contributed by atoms with Gasteiger partial charge in [-0.2, -0.15) is 0 Å². The van der Waals surface area contributed by atoms with Gasteiger partial charge in [0.25, 0.3) is 0 Å². The van der Waals surface area contributed by atoms with Crippen molar-refractivity contribution in [1.82, 2.24) is 0 Å². The Balaban J connectivity index is 1.23. The normalized spacial score (nSPS) is 48.0. The lowest BCUT2D eigenvalue weighted by molar-refractivity contribution is -0.179. The van der Waals surface area contributed by atoms with Crippen LogP contribution in [0.3, 0.4) is 0 Å². The molecule has 0 aromatic heterocycles. The first-order valence-corrected chi connectivity index (χ1v) is 16.1. The number of epoxide rings is 2. The van der Waals surface area contributed by atoms with Crippen LogP contribution in [0.15, 0.2) is 0 Å². The smallest absolute Gasteiger partial charge is 0.338 e. The van der Waals surface area contributed by atoms with Gasteiger partial charge in [-0.1, -0.05) is 41.5 Å². The lowest BCUT2D eigenvalue weighted by Crippen LogP contribution is -2.67. The molecule has 2 unspecified atom stereocenters. The average molecular weight is 591 g/mol. The molecule has 0 aromatic rings. The highest BCUT2D eigenvalue weighted by Crippen LogP contribution is 2.80. The number of carbonyl (C=O) groups excluding carboxylic acids is 3. The van der Waals surface area contributed by atoms with Crippen molar-refractivity contribution in [3.05, 3.63) is 0 Å². The first-order valence-electron chi connectivity index (χ1n) is 16.1. The van der Waals surface area contributed by atoms with Crippen LogP contribution in [0.5, 0.6) is 0 Å². The minimum absolute atomic E-state index is 0.0657. The Labute approximate surface area is 249 Å². The van der Waals surface area contributed by atoms with E-state index in [9.17, 15) is 29.7 Å². The maximum absolute atomic E-state index is 14.3. The summed E-state index contributed by atoms with van der Waals surface area (Å²) in [6, 6.07) is 0. The number of hydrogen-bond donors (Lipinski definition) is 3. The summed E-state index contributed by atoms with van der Waals surface area (Å²) in [6.45, 7) is 15.1. The summed E-state index contributed by atoms with van der Waals surface area (Å²) in [5.74, 6) is -1.30. The highest BCUT2D eigenvalue weighted by molar-refractivity contribution is 5.94. The predicted molar refractivity (Wildman–Crippen MR) is 151 cm³/mol. The molecule has 0 amide bonds. The molecule has 0 bridgehead atoms. The predicted octanol–water partition coefficient (Wildman–Crippen LogP) is 2.99. The Kier molecular flexibility index (Phi) is 6.79. The van der Waals surface area contributed by atoms with Crippen LogP contribution in [-0.4, -0.2) is 80.2 Å². The molecular formula is C33H50O9. The molecule has 2 heterocycles. The van der Waals surface area contributed by atoms with Crippen molar-refractivity contribution >= 4 is 17.5 Å². The minimum atomic E-state index is -1.67. The van der Waals surface area contributed by atoms with Crippen molar-refractivity contribution in [2.45, 2.75) is 141 Å². The fraction of sp³-hybridized carbons (Fsp3) is 0.909. The number of carbonyl (C=O) groups is 3. The van der Waals surface area contributed by atoms with Crippen LogP contribution >= 0.6 is 0 Å². The summed E-state index contributed by atoms with van der Waals surface area (Å²) in [6.07, 6.45) is 0.141. The molecule has 42 heavy (non-hydrogen) atoms. The van der Waals surface area contributed by atoms with Crippen molar-refractivity contribution < 1.29 is 43.9 Å². The highest BCUT2D eigenvalue weighted by Gasteiger charge is 2.91. The van der Waals surface area contributed by atoms with Crippen LogP contribution in [0.4, 0.5) is 0 Å². The fourth-order valence-corrected chi connectivity index (χ4v) is 10.3. The van der Waals surface area contributed by atoms with Gasteiger partial charge in [-0.25, -0.2) is 4.79 Å². The van der Waals surface area contributed by atoms with E-state index in [1.165, 1.54) is 13.8 Å². The van der Waals surface area contributed by atoms with E-state index in [4.69, 9.17) is 14.2 Å². The first-order chi connectivity index (χ1) is 19.4. The van der Waals surface area contributed by atoms with Gasteiger partial charge in [0, 0.05) is 17.8 Å². The third kappa shape index (κ3) is 3.82. The second-order valence-corrected chi connectivity index (χ2v) is 16.1. The first kappa shape index (κ1) is 30.6. The van der Waals surface area contributed by atoms with Crippen LogP contribution in [0, 0.1) is 46.3 Å². The van der Waals surface area contributed by atoms with Crippen molar-refractivity contribution in [2.75, 3.05) is 0 Å². The number of hydrogen-bond acceptors (Lipinski definition) is 9. The van der Waals surface area contributed by atoms with E-state index in [1.807, 2.05) is 27.7 Å². The molecule has 9 heteroatoms. The Morgan fingerprint density at radius 1 is 1.02 bits per heavy atom. The van der Waals surface area contributed by atoms with Crippen LogP contribution in [-0.2, 0) is 28.6 Å². The van der Waals surface area contributed by atoms with E-state index in [0.717, 1.165) is 19.3 Å². The van der Waals surface area contributed by atoms with Gasteiger partial charge in [0.05, 0.1) is 17.6 Å². The van der Waals surface area contributed by atoms with Gasteiger partial charge in [-0.05, 0) is 75.0 Å². The van der Waals surface area contributed by atoms with E-state index in [1.54, 1.807) is 0 Å². The van der Waals surface area contributed by atoms with Gasteiger partial charge in [-0.3, -0.25) is 9.59 Å². The highest BCUT2D eigenvalue weighted by atomic mass is 16.7. The van der Waals surface area contributed by atoms with E-state index in [0.29, 0.717) is 19.3 Å². The van der Waals surface area contributed by atoms with Crippen LogP contribution in [0.25, 0.3) is 0 Å². The molecule has 2 saturated heterocycles. The van der Waals surface area contributed by atoms with E-state index >= 15 is 0 Å². The maximum Gasteiger partial charge on any atom is 0.338 e. The standard InChI is InChI=1S/C33H50O9/c1-15(2)16(3)23(34)24(35)17(4)19-9-10-20-22-25(36)27-32(42-27)13-18(40-28(38)26(37)29(5,6)39)11-12-31(32,8)33(22)21(41-33)14-30(19,20)7/h15-23,26-27,34,37,39H,9-14H2,1-8H3/t16-,17+,18+,19-,20+,21-,22+,23?,26?,27+,30-,31+,32+,33-/m1/s1. The second-order valence-electron chi connectivity index (χ2n) is 16.1. The zero-order valence-electron chi connectivity index (χ0n) is 26.4. The molecular weight excluding hydrogens is 540 g/mol. The number of ketones is 2. The number of aliphatic hydroxyl groups is 3. The molecule has 6 aliphatic rings. The molecule has 6 rings (SSSR count). The van der Waals surface area contributed by atoms with Gasteiger partial charge in [-0.15, -0.1) is 0 Å². The van der Waals surface area contributed by atoms with Crippen molar-refractivity contribution in [1.29, 1.82) is 0 Å². The van der Waals surface area contributed by atoms with Gasteiger partial charge in [0.15, 0.2) is 17.7 Å². The van der Waals surface area contributed by atoms with Crippen molar-refractivity contribution in [3.63, 3.8) is 0 Å². The molecule has 9 nitrogen and oxygen atoms in total. The molecule has 4 aliphatic carbocycles. The second kappa shape index (κ2) is 9.32.